The van der Waals surface area contributed by atoms with Crippen LogP contribution in [0.1, 0.15) is 17.6 Å². The van der Waals surface area contributed by atoms with E-state index in [2.05, 4.69) is 15.0 Å². The molecule has 0 fully saturated rings. The summed E-state index contributed by atoms with van der Waals surface area (Å²) in [5.41, 5.74) is 9.14. The quantitative estimate of drug-likeness (QED) is 0.645. The van der Waals surface area contributed by atoms with Crippen LogP contribution in [0.2, 0.25) is 0 Å². The van der Waals surface area contributed by atoms with Crippen LogP contribution in [0.15, 0.2) is 36.8 Å². The number of aromatic nitrogens is 4. The number of nitrogens with zero attached hydrogens (tertiary/aromatic N) is 3. The topological polar surface area (TPSA) is 92.8 Å². The largest absolute Gasteiger partial charge is 0.395 e. The van der Waals surface area contributed by atoms with Crippen molar-refractivity contribution in [3.05, 3.63) is 48.3 Å². The van der Waals surface area contributed by atoms with E-state index in [1.807, 2.05) is 28.8 Å². The third-order valence-corrected chi connectivity index (χ3v) is 3.33. The van der Waals surface area contributed by atoms with Crippen LogP contribution in [-0.2, 0) is 13.0 Å². The van der Waals surface area contributed by atoms with Gasteiger partial charge in [0, 0.05) is 24.9 Å². The number of benzene rings is 1. The van der Waals surface area contributed by atoms with Gasteiger partial charge in [0.25, 0.3) is 0 Å². The molecule has 0 spiro atoms. The Kier molecular flexibility index (Phi) is 3.49. The predicted molar refractivity (Wildman–Crippen MR) is 76.0 cm³/mol. The first-order valence-corrected chi connectivity index (χ1v) is 6.58. The highest BCUT2D eigenvalue weighted by atomic mass is 16.3. The van der Waals surface area contributed by atoms with Crippen molar-refractivity contribution < 1.29 is 5.11 Å². The van der Waals surface area contributed by atoms with Crippen molar-refractivity contribution in [2.24, 2.45) is 5.73 Å². The number of para-hydroxylation sites is 2. The molecule has 6 heteroatoms. The maximum absolute atomic E-state index is 9.25. The number of rotatable bonds is 5. The molecular weight excluding hydrogens is 254 g/mol. The van der Waals surface area contributed by atoms with Gasteiger partial charge in [-0.05, 0) is 12.1 Å². The number of nitrogens with one attached hydrogen (secondary N) is 1. The fourth-order valence-corrected chi connectivity index (χ4v) is 2.44. The van der Waals surface area contributed by atoms with Crippen LogP contribution in [0.4, 0.5) is 0 Å². The van der Waals surface area contributed by atoms with E-state index in [1.54, 1.807) is 12.5 Å². The van der Waals surface area contributed by atoms with E-state index in [9.17, 15) is 5.11 Å². The zero-order valence-corrected chi connectivity index (χ0v) is 11.0. The first kappa shape index (κ1) is 12.8. The molecule has 104 valence electrons. The van der Waals surface area contributed by atoms with E-state index in [-0.39, 0.29) is 12.6 Å². The summed E-state index contributed by atoms with van der Waals surface area (Å²) < 4.78 is 1.98. The molecule has 6 nitrogen and oxygen atoms in total. The van der Waals surface area contributed by atoms with E-state index in [1.165, 1.54) is 0 Å². The van der Waals surface area contributed by atoms with Crippen molar-refractivity contribution >= 4 is 11.0 Å². The third kappa shape index (κ3) is 2.31. The minimum Gasteiger partial charge on any atom is -0.395 e. The average Bonchev–Trinajstić information content (AvgIpc) is 3.07. The fraction of sp³-hybridized carbons (Fsp3) is 0.286. The molecule has 0 amide bonds. The van der Waals surface area contributed by atoms with Crippen LogP contribution in [-0.4, -0.2) is 31.2 Å². The number of aliphatic hydroxyl groups is 1. The normalized spacial score (nSPS) is 12.9. The van der Waals surface area contributed by atoms with Crippen LogP contribution in [0.3, 0.4) is 0 Å². The van der Waals surface area contributed by atoms with Gasteiger partial charge in [0.15, 0.2) is 0 Å². The van der Waals surface area contributed by atoms with Gasteiger partial charge in [-0.15, -0.1) is 0 Å². The second-order valence-corrected chi connectivity index (χ2v) is 4.72. The number of H-pyrrole nitrogens is 1. The summed E-state index contributed by atoms with van der Waals surface area (Å²) in [6, 6.07) is 7.61. The lowest BCUT2D eigenvalue weighted by Crippen LogP contribution is -2.20. The molecule has 0 aliphatic carbocycles. The predicted octanol–water partition coefficient (Wildman–Crippen LogP) is 0.994. The number of aromatic amines is 1. The lowest BCUT2D eigenvalue weighted by Gasteiger charge is -2.13. The molecule has 20 heavy (non-hydrogen) atoms. The highest BCUT2D eigenvalue weighted by Gasteiger charge is 2.17. The van der Waals surface area contributed by atoms with E-state index >= 15 is 0 Å². The van der Waals surface area contributed by atoms with E-state index < -0.39 is 0 Å². The molecule has 2 aromatic heterocycles. The fourth-order valence-electron chi connectivity index (χ4n) is 2.44. The minimum atomic E-state index is -0.241. The van der Waals surface area contributed by atoms with Crippen molar-refractivity contribution in [3.8, 4) is 0 Å². The average molecular weight is 271 g/mol. The van der Waals surface area contributed by atoms with Crippen molar-refractivity contribution in [2.45, 2.75) is 19.0 Å². The molecule has 0 aliphatic heterocycles. The highest BCUT2D eigenvalue weighted by Crippen LogP contribution is 2.21. The van der Waals surface area contributed by atoms with Gasteiger partial charge in [0.2, 0.25) is 0 Å². The maximum Gasteiger partial charge on any atom is 0.127 e. The third-order valence-electron chi connectivity index (χ3n) is 3.33. The number of imidazole rings is 2. The van der Waals surface area contributed by atoms with E-state index in [0.29, 0.717) is 13.0 Å². The molecule has 3 aromatic rings. The number of hydrogen-bond donors (Lipinski definition) is 3. The summed E-state index contributed by atoms with van der Waals surface area (Å²) in [5.74, 6) is 0.787. The highest BCUT2D eigenvalue weighted by molar-refractivity contribution is 5.76. The van der Waals surface area contributed by atoms with Crippen molar-refractivity contribution in [2.75, 3.05) is 6.61 Å². The molecule has 1 atom stereocenters. The molecule has 0 aliphatic rings. The molecule has 0 bridgehead atoms. The summed E-state index contributed by atoms with van der Waals surface area (Å²) in [7, 11) is 0. The van der Waals surface area contributed by atoms with E-state index in [4.69, 9.17) is 5.73 Å². The Morgan fingerprint density at radius 3 is 2.95 bits per heavy atom. The number of nitrogens with two attached hydrogens (primary N) is 1. The summed E-state index contributed by atoms with van der Waals surface area (Å²) in [4.78, 5) is 11.6. The molecule has 0 saturated carbocycles. The van der Waals surface area contributed by atoms with Crippen molar-refractivity contribution in [1.82, 2.24) is 19.5 Å². The van der Waals surface area contributed by atoms with Gasteiger partial charge in [0.05, 0.1) is 30.0 Å². The smallest absolute Gasteiger partial charge is 0.127 e. The zero-order chi connectivity index (χ0) is 13.9. The monoisotopic (exact) mass is 271 g/mol. The molecular formula is C14H17N5O. The van der Waals surface area contributed by atoms with Crippen LogP contribution in [0, 0.1) is 0 Å². The summed E-state index contributed by atoms with van der Waals surface area (Å²) in [6.07, 6.45) is 4.03. The first-order valence-electron chi connectivity index (χ1n) is 6.58. The van der Waals surface area contributed by atoms with Crippen LogP contribution >= 0.6 is 0 Å². The Hall–Kier alpha value is -2.18. The zero-order valence-electron chi connectivity index (χ0n) is 11.0. The summed E-state index contributed by atoms with van der Waals surface area (Å²) >= 11 is 0. The molecule has 1 aromatic carbocycles. The summed E-state index contributed by atoms with van der Waals surface area (Å²) in [6.45, 7) is 0.552. The van der Waals surface area contributed by atoms with Crippen molar-refractivity contribution in [1.29, 1.82) is 0 Å². The van der Waals surface area contributed by atoms with Crippen LogP contribution < -0.4 is 5.73 Å². The molecule has 4 N–H and O–H groups in total. The number of fused-ring (bicyclic) bond motifs is 1. The Bertz CT molecular complexity index is 689. The lowest BCUT2D eigenvalue weighted by atomic mass is 10.1. The van der Waals surface area contributed by atoms with Gasteiger partial charge in [-0.3, -0.25) is 0 Å². The first-order chi connectivity index (χ1) is 9.79. The van der Waals surface area contributed by atoms with Gasteiger partial charge >= 0.3 is 0 Å². The second-order valence-electron chi connectivity index (χ2n) is 4.72. The maximum atomic E-state index is 9.25. The van der Waals surface area contributed by atoms with Gasteiger partial charge in [0.1, 0.15) is 5.82 Å². The molecule has 2 heterocycles. The van der Waals surface area contributed by atoms with Gasteiger partial charge in [-0.1, -0.05) is 12.1 Å². The van der Waals surface area contributed by atoms with Crippen LogP contribution in [0.25, 0.3) is 11.0 Å². The molecule has 0 radical (unpaired) electrons. The lowest BCUT2D eigenvalue weighted by molar-refractivity contribution is 0.275. The Morgan fingerprint density at radius 2 is 2.20 bits per heavy atom. The van der Waals surface area contributed by atoms with Crippen molar-refractivity contribution in [3.63, 3.8) is 0 Å². The SMILES string of the molecule is NC(Cc1cnc[nH]1)c1nc2ccccc2n1CCO. The molecule has 1 unspecified atom stereocenters. The van der Waals surface area contributed by atoms with E-state index in [0.717, 1.165) is 22.6 Å². The molecule has 3 rings (SSSR count). The second kappa shape index (κ2) is 5.44. The van der Waals surface area contributed by atoms with Gasteiger partial charge in [-0.2, -0.15) is 0 Å². The minimum absolute atomic E-state index is 0.0597. The molecule has 0 saturated heterocycles. The number of aliphatic hydroxyl groups excluding tert-OH is 1. The Balaban J connectivity index is 1.98. The van der Waals surface area contributed by atoms with Gasteiger partial charge < -0.3 is 20.4 Å². The Morgan fingerprint density at radius 1 is 1.35 bits per heavy atom. The van der Waals surface area contributed by atoms with Crippen LogP contribution in [0.5, 0.6) is 0 Å². The van der Waals surface area contributed by atoms with Gasteiger partial charge in [-0.25, -0.2) is 9.97 Å². The summed E-state index contributed by atoms with van der Waals surface area (Å²) in [5, 5.41) is 9.25. The Labute approximate surface area is 116 Å². The standard InChI is InChI=1S/C14H17N5O/c15-11(7-10-8-16-9-17-10)14-18-12-3-1-2-4-13(12)19(14)5-6-20/h1-4,8-9,11,20H,5-7,15H2,(H,16,17). The number of hydrogen-bond acceptors (Lipinski definition) is 4.